The summed E-state index contributed by atoms with van der Waals surface area (Å²) in [6, 6.07) is 5.06. The average molecular weight is 539 g/mol. The Balaban J connectivity index is 1.39. The number of nitriles is 1. The summed E-state index contributed by atoms with van der Waals surface area (Å²) >= 11 is 0. The smallest absolute Gasteiger partial charge is 0.368 e. The van der Waals surface area contributed by atoms with Crippen LogP contribution in [0.5, 0.6) is 5.75 Å². The van der Waals surface area contributed by atoms with Gasteiger partial charge in [0, 0.05) is 25.7 Å². The summed E-state index contributed by atoms with van der Waals surface area (Å²) in [6.45, 7) is 2.55. The van der Waals surface area contributed by atoms with Crippen LogP contribution in [0.1, 0.15) is 37.7 Å². The van der Waals surface area contributed by atoms with Crippen molar-refractivity contribution in [2.45, 2.75) is 38.1 Å². The van der Waals surface area contributed by atoms with E-state index in [1.807, 2.05) is 0 Å². The molecule has 14 heteroatoms. The third-order valence-corrected chi connectivity index (χ3v) is 7.26. The summed E-state index contributed by atoms with van der Waals surface area (Å²) in [7, 11) is 1.43. The molecule has 2 fully saturated rings. The Morgan fingerprint density at radius 1 is 1.23 bits per heavy atom. The van der Waals surface area contributed by atoms with E-state index in [0.717, 1.165) is 41.4 Å². The van der Waals surface area contributed by atoms with E-state index in [4.69, 9.17) is 9.84 Å². The Hall–Kier alpha value is -4.09. The number of anilines is 3. The van der Waals surface area contributed by atoms with Gasteiger partial charge in [-0.25, -0.2) is 14.2 Å². The number of piperidine rings is 2. The molecule has 4 heterocycles. The molecule has 3 aromatic rings. The molecule has 2 aliphatic rings. The van der Waals surface area contributed by atoms with Gasteiger partial charge in [-0.2, -0.15) is 19.6 Å². The van der Waals surface area contributed by atoms with Crippen LogP contribution in [-0.2, 0) is 7.05 Å². The van der Waals surface area contributed by atoms with Gasteiger partial charge in [0.15, 0.2) is 5.82 Å². The van der Waals surface area contributed by atoms with Crippen molar-refractivity contribution in [2.24, 2.45) is 13.0 Å². The van der Waals surface area contributed by atoms with Gasteiger partial charge in [0.1, 0.15) is 35.5 Å². The molecule has 1 aromatic carbocycles. The number of hydrogen-bond acceptors (Lipinski definition) is 11. The number of nitrogens with zero attached hydrogens (tertiary/aromatic N) is 8. The first-order valence-electron chi connectivity index (χ1n) is 13.1. The summed E-state index contributed by atoms with van der Waals surface area (Å²) in [4.78, 5) is 23.7. The van der Waals surface area contributed by atoms with Crippen molar-refractivity contribution < 1.29 is 14.2 Å². The second kappa shape index (κ2) is 11.7. The van der Waals surface area contributed by atoms with E-state index in [2.05, 4.69) is 42.0 Å². The van der Waals surface area contributed by atoms with Gasteiger partial charge in [0.2, 0.25) is 5.95 Å². The minimum absolute atomic E-state index is 0.00189. The molecule has 2 aromatic heterocycles. The lowest BCUT2D eigenvalue weighted by molar-refractivity contribution is 0.0649. The minimum atomic E-state index is -0.703. The van der Waals surface area contributed by atoms with Crippen LogP contribution in [0.3, 0.4) is 0 Å². The quantitative estimate of drug-likeness (QED) is 0.363. The van der Waals surface area contributed by atoms with Crippen molar-refractivity contribution in [2.75, 3.05) is 43.5 Å². The zero-order chi connectivity index (χ0) is 27.4. The molecule has 0 amide bonds. The van der Waals surface area contributed by atoms with Crippen molar-refractivity contribution in [1.82, 2.24) is 34.7 Å². The van der Waals surface area contributed by atoms with E-state index < -0.39 is 11.5 Å². The Morgan fingerprint density at radius 3 is 2.85 bits per heavy atom. The van der Waals surface area contributed by atoms with Crippen LogP contribution in [0.4, 0.5) is 21.8 Å². The summed E-state index contributed by atoms with van der Waals surface area (Å²) in [5.41, 5.74) is -0.204. The van der Waals surface area contributed by atoms with Crippen molar-refractivity contribution in [3.63, 3.8) is 0 Å². The maximum absolute atomic E-state index is 15.1. The number of aliphatic hydroxyl groups excluding tert-OH is 1. The monoisotopic (exact) mass is 538 g/mol. The Labute approximate surface area is 224 Å². The topological polar surface area (TPSA) is 159 Å². The van der Waals surface area contributed by atoms with Gasteiger partial charge in [-0.1, -0.05) is 6.42 Å². The van der Waals surface area contributed by atoms with E-state index in [1.165, 1.54) is 38.6 Å². The van der Waals surface area contributed by atoms with Gasteiger partial charge in [0.05, 0.1) is 18.5 Å². The molecule has 0 bridgehead atoms. The molecule has 5 rings (SSSR count). The van der Waals surface area contributed by atoms with Crippen LogP contribution in [-0.4, -0.2) is 78.7 Å². The third kappa shape index (κ3) is 5.69. The van der Waals surface area contributed by atoms with Crippen LogP contribution in [0, 0.1) is 23.1 Å². The Morgan fingerprint density at radius 2 is 2.08 bits per heavy atom. The van der Waals surface area contributed by atoms with Gasteiger partial charge < -0.3 is 25.4 Å². The maximum Gasteiger partial charge on any atom is 0.368 e. The van der Waals surface area contributed by atoms with E-state index in [9.17, 15) is 10.1 Å². The molecular weight excluding hydrogens is 507 g/mol. The number of nitrogens with one attached hydrogen (secondary N) is 2. The molecule has 206 valence electrons. The van der Waals surface area contributed by atoms with E-state index >= 15 is 4.39 Å². The van der Waals surface area contributed by atoms with Crippen molar-refractivity contribution in [1.29, 1.82) is 5.26 Å². The number of fused-ring (bicyclic) bond motifs is 1. The third-order valence-electron chi connectivity index (χ3n) is 7.26. The predicted octanol–water partition coefficient (Wildman–Crippen LogP) is 1.56. The Kier molecular flexibility index (Phi) is 7.99. The summed E-state index contributed by atoms with van der Waals surface area (Å²) in [5.74, 6) is 0.192. The lowest BCUT2D eigenvalue weighted by Crippen LogP contribution is -2.49. The van der Waals surface area contributed by atoms with Crippen molar-refractivity contribution in [3.05, 3.63) is 40.2 Å². The predicted molar refractivity (Wildman–Crippen MR) is 140 cm³/mol. The minimum Gasteiger partial charge on any atom is -0.489 e. The first kappa shape index (κ1) is 26.5. The lowest BCUT2D eigenvalue weighted by atomic mass is 9.83. The normalized spacial score (nSPS) is 19.2. The summed E-state index contributed by atoms with van der Waals surface area (Å²) in [5, 5.41) is 32.4. The van der Waals surface area contributed by atoms with Crippen molar-refractivity contribution >= 4 is 17.5 Å². The highest BCUT2D eigenvalue weighted by atomic mass is 19.1. The molecule has 0 radical (unpaired) electrons. The number of rotatable bonds is 9. The standard InChI is InChI=1S/C25H31FN10O3/c1-34-25(38)36(33-32-34)21-12-19(18(26)11-22(21)39-10-9-37)30-24-29-15-17(13-27)23(31-24)28-14-16-5-4-8-35-7-3-2-6-20(16)35/h11-12,15-16,20,37H,2-10,14H2,1H3,(H2,28,29,30,31). The molecule has 0 saturated carbocycles. The highest BCUT2D eigenvalue weighted by molar-refractivity contribution is 5.64. The fourth-order valence-corrected chi connectivity index (χ4v) is 5.36. The lowest BCUT2D eigenvalue weighted by Gasteiger charge is -2.44. The number of halogens is 1. The summed E-state index contributed by atoms with van der Waals surface area (Å²) in [6.07, 6.45) is 7.32. The van der Waals surface area contributed by atoms with Crippen LogP contribution >= 0.6 is 0 Å². The van der Waals surface area contributed by atoms with E-state index in [1.54, 1.807) is 0 Å². The first-order chi connectivity index (χ1) is 19.0. The number of ether oxygens (including phenoxy) is 1. The average Bonchev–Trinajstić information content (AvgIpc) is 3.29. The fourth-order valence-electron chi connectivity index (χ4n) is 5.36. The van der Waals surface area contributed by atoms with Crippen LogP contribution in [0.2, 0.25) is 0 Å². The fraction of sp³-hybridized carbons (Fsp3) is 0.520. The second-order valence-corrected chi connectivity index (χ2v) is 9.74. The molecule has 39 heavy (non-hydrogen) atoms. The molecule has 2 aliphatic heterocycles. The molecule has 2 saturated heterocycles. The molecule has 2 atom stereocenters. The number of tetrazole rings is 1. The maximum atomic E-state index is 15.1. The van der Waals surface area contributed by atoms with Gasteiger partial charge in [-0.3, -0.25) is 0 Å². The van der Waals surface area contributed by atoms with Gasteiger partial charge in [0.25, 0.3) is 0 Å². The van der Waals surface area contributed by atoms with Crippen LogP contribution in [0.15, 0.2) is 23.1 Å². The van der Waals surface area contributed by atoms with Crippen LogP contribution < -0.4 is 21.1 Å². The molecule has 13 nitrogen and oxygen atoms in total. The first-order valence-corrected chi connectivity index (χ1v) is 13.1. The zero-order valence-corrected chi connectivity index (χ0v) is 21.7. The highest BCUT2D eigenvalue weighted by Crippen LogP contribution is 2.32. The van der Waals surface area contributed by atoms with E-state index in [0.29, 0.717) is 24.3 Å². The van der Waals surface area contributed by atoms with Gasteiger partial charge in [-0.15, -0.1) is 0 Å². The highest BCUT2D eigenvalue weighted by Gasteiger charge is 2.32. The van der Waals surface area contributed by atoms with Gasteiger partial charge >= 0.3 is 5.69 Å². The summed E-state index contributed by atoms with van der Waals surface area (Å²) < 4.78 is 22.5. The van der Waals surface area contributed by atoms with Crippen molar-refractivity contribution in [3.8, 4) is 17.5 Å². The number of aliphatic hydroxyl groups is 1. The molecule has 3 N–H and O–H groups in total. The SMILES string of the molecule is Cn1nnn(-c2cc(Nc3ncc(C#N)c(NCC4CCCN5CCCCC45)n3)c(F)cc2OCCO)c1=O. The van der Waals surface area contributed by atoms with Crippen LogP contribution in [0.25, 0.3) is 5.69 Å². The molecular formula is C25H31FN10O3. The second-order valence-electron chi connectivity index (χ2n) is 9.74. The largest absolute Gasteiger partial charge is 0.489 e. The number of benzene rings is 1. The van der Waals surface area contributed by atoms with E-state index in [-0.39, 0.29) is 41.8 Å². The van der Waals surface area contributed by atoms with Gasteiger partial charge in [-0.05, 0) is 61.2 Å². The number of aryl methyl sites for hydroxylation is 1. The molecule has 0 aliphatic carbocycles. The molecule has 0 spiro atoms. The number of hydrogen-bond donors (Lipinski definition) is 3. The zero-order valence-electron chi connectivity index (χ0n) is 21.7. The molecule has 2 unspecified atom stereocenters. The Bertz CT molecular complexity index is 1420. The number of aromatic nitrogens is 6.